The molecule has 4 rings (SSSR count). The summed E-state index contributed by atoms with van der Waals surface area (Å²) < 4.78 is 33.2. The quantitative estimate of drug-likeness (QED) is 0.570. The Labute approximate surface area is 178 Å². The van der Waals surface area contributed by atoms with Gasteiger partial charge >= 0.3 is 0 Å². The predicted molar refractivity (Wildman–Crippen MR) is 112 cm³/mol. The van der Waals surface area contributed by atoms with Crippen LogP contribution in [0.15, 0.2) is 42.9 Å². The summed E-state index contributed by atoms with van der Waals surface area (Å²) in [7, 11) is 1.72. The van der Waals surface area contributed by atoms with Gasteiger partial charge in [0.25, 0.3) is 0 Å². The van der Waals surface area contributed by atoms with E-state index in [4.69, 9.17) is 21.3 Å². The highest BCUT2D eigenvalue weighted by atomic mass is 35.5. The molecular formula is C22H21ClF2N4O. The standard InChI is InChI=1S/C22H21ClF2N4O/c1-30-13-14-5-8-29(9-6-14)20-12-27-21(17-3-2-15(24)10-19(17)25)22(28-20)16-4-7-26-11-18(16)23/h2-4,7,10-12,14H,5-6,8-9,13H2,1H3. The molecule has 1 fully saturated rings. The van der Waals surface area contributed by atoms with Gasteiger partial charge in [0.2, 0.25) is 0 Å². The third kappa shape index (κ3) is 4.27. The van der Waals surface area contributed by atoms with Crippen molar-refractivity contribution in [2.24, 2.45) is 5.92 Å². The number of hydrogen-bond donors (Lipinski definition) is 0. The maximum Gasteiger partial charge on any atom is 0.147 e. The van der Waals surface area contributed by atoms with Crippen LogP contribution >= 0.6 is 11.6 Å². The first-order valence-corrected chi connectivity index (χ1v) is 10.1. The smallest absolute Gasteiger partial charge is 0.147 e. The molecule has 0 spiro atoms. The lowest BCUT2D eigenvalue weighted by molar-refractivity contribution is 0.139. The molecule has 1 aromatic carbocycles. The lowest BCUT2D eigenvalue weighted by Gasteiger charge is -2.32. The van der Waals surface area contributed by atoms with Crippen molar-refractivity contribution in [2.45, 2.75) is 12.8 Å². The third-order valence-electron chi connectivity index (χ3n) is 5.31. The second kappa shape index (κ2) is 9.02. The van der Waals surface area contributed by atoms with Gasteiger partial charge < -0.3 is 9.64 Å². The van der Waals surface area contributed by atoms with E-state index in [0.717, 1.165) is 38.6 Å². The van der Waals surface area contributed by atoms with Gasteiger partial charge in [0.05, 0.1) is 16.9 Å². The maximum absolute atomic E-state index is 14.5. The number of benzene rings is 1. The Morgan fingerprint density at radius 3 is 2.60 bits per heavy atom. The van der Waals surface area contributed by atoms with E-state index in [1.165, 1.54) is 18.3 Å². The Hall–Kier alpha value is -2.64. The number of ether oxygens (including phenoxy) is 1. The molecular weight excluding hydrogens is 410 g/mol. The molecule has 3 heterocycles. The molecule has 0 N–H and O–H groups in total. The summed E-state index contributed by atoms with van der Waals surface area (Å²) in [6.45, 7) is 2.41. The number of halogens is 3. The van der Waals surface area contributed by atoms with E-state index in [9.17, 15) is 8.78 Å². The van der Waals surface area contributed by atoms with Crippen molar-refractivity contribution in [1.29, 1.82) is 0 Å². The van der Waals surface area contributed by atoms with Gasteiger partial charge in [0.15, 0.2) is 0 Å². The molecule has 156 valence electrons. The third-order valence-corrected chi connectivity index (χ3v) is 5.62. The van der Waals surface area contributed by atoms with Crippen LogP contribution in [0, 0.1) is 17.6 Å². The molecule has 1 aliphatic rings. The zero-order valence-electron chi connectivity index (χ0n) is 16.5. The number of nitrogens with zero attached hydrogens (tertiary/aromatic N) is 4. The zero-order valence-corrected chi connectivity index (χ0v) is 17.2. The SMILES string of the molecule is COCC1CCN(c2cnc(-c3ccc(F)cc3F)c(-c3ccncc3Cl)n2)CC1. The average Bonchev–Trinajstić information content (AvgIpc) is 2.75. The maximum atomic E-state index is 14.5. The Morgan fingerprint density at radius 1 is 1.10 bits per heavy atom. The van der Waals surface area contributed by atoms with Gasteiger partial charge in [-0.2, -0.15) is 0 Å². The van der Waals surface area contributed by atoms with E-state index in [-0.39, 0.29) is 5.56 Å². The minimum atomic E-state index is -0.705. The van der Waals surface area contributed by atoms with Crippen LogP contribution in [0.3, 0.4) is 0 Å². The number of rotatable bonds is 5. The zero-order chi connectivity index (χ0) is 21.1. The monoisotopic (exact) mass is 430 g/mol. The van der Waals surface area contributed by atoms with Crippen LogP contribution in [-0.2, 0) is 4.74 Å². The fourth-order valence-electron chi connectivity index (χ4n) is 3.73. The number of piperidine rings is 1. The highest BCUT2D eigenvalue weighted by molar-refractivity contribution is 6.33. The molecule has 8 heteroatoms. The fraction of sp³-hybridized carbons (Fsp3) is 0.318. The Kier molecular flexibility index (Phi) is 6.20. The normalized spacial score (nSPS) is 14.9. The molecule has 1 saturated heterocycles. The number of pyridine rings is 1. The summed E-state index contributed by atoms with van der Waals surface area (Å²) in [6, 6.07) is 5.12. The molecule has 3 aromatic rings. The summed E-state index contributed by atoms with van der Waals surface area (Å²) in [6.07, 6.45) is 6.72. The van der Waals surface area contributed by atoms with Gasteiger partial charge in [-0.3, -0.25) is 4.98 Å². The molecule has 0 amide bonds. The molecule has 0 aliphatic carbocycles. The first kappa shape index (κ1) is 20.6. The highest BCUT2D eigenvalue weighted by Crippen LogP contribution is 2.36. The summed E-state index contributed by atoms with van der Waals surface area (Å²) in [5.41, 5.74) is 1.49. The predicted octanol–water partition coefficient (Wildman–Crippen LogP) is 5.00. The Morgan fingerprint density at radius 2 is 1.90 bits per heavy atom. The van der Waals surface area contributed by atoms with Crippen molar-refractivity contribution in [3.8, 4) is 22.5 Å². The van der Waals surface area contributed by atoms with Crippen LogP contribution in [0.2, 0.25) is 5.02 Å². The molecule has 0 radical (unpaired) electrons. The van der Waals surface area contributed by atoms with Crippen LogP contribution in [-0.4, -0.2) is 41.8 Å². The fourth-order valence-corrected chi connectivity index (χ4v) is 3.94. The highest BCUT2D eigenvalue weighted by Gasteiger charge is 2.23. The van der Waals surface area contributed by atoms with Crippen molar-refractivity contribution < 1.29 is 13.5 Å². The van der Waals surface area contributed by atoms with Crippen LogP contribution < -0.4 is 4.90 Å². The van der Waals surface area contributed by atoms with Gasteiger partial charge in [-0.05, 0) is 37.0 Å². The molecule has 0 unspecified atom stereocenters. The van der Waals surface area contributed by atoms with E-state index in [2.05, 4.69) is 14.9 Å². The van der Waals surface area contributed by atoms with Gasteiger partial charge in [-0.25, -0.2) is 18.7 Å². The average molecular weight is 431 g/mol. The topological polar surface area (TPSA) is 51.1 Å². The van der Waals surface area contributed by atoms with Crippen molar-refractivity contribution in [2.75, 3.05) is 31.7 Å². The van der Waals surface area contributed by atoms with Crippen molar-refractivity contribution in [3.63, 3.8) is 0 Å². The number of hydrogen-bond acceptors (Lipinski definition) is 5. The van der Waals surface area contributed by atoms with Crippen molar-refractivity contribution in [1.82, 2.24) is 15.0 Å². The lowest BCUT2D eigenvalue weighted by Crippen LogP contribution is -2.35. The van der Waals surface area contributed by atoms with Crippen molar-refractivity contribution in [3.05, 3.63) is 59.5 Å². The van der Waals surface area contributed by atoms with E-state index >= 15 is 0 Å². The number of methoxy groups -OCH3 is 1. The summed E-state index contributed by atoms with van der Waals surface area (Å²) >= 11 is 6.36. The van der Waals surface area contributed by atoms with E-state index in [1.807, 2.05) is 0 Å². The molecule has 0 bridgehead atoms. The molecule has 2 aromatic heterocycles. The van der Waals surface area contributed by atoms with E-state index < -0.39 is 11.6 Å². The summed E-state index contributed by atoms with van der Waals surface area (Å²) in [5, 5.41) is 0.381. The van der Waals surface area contributed by atoms with Crippen LogP contribution in [0.4, 0.5) is 14.6 Å². The molecule has 0 saturated carbocycles. The van der Waals surface area contributed by atoms with Crippen LogP contribution in [0.25, 0.3) is 22.5 Å². The Bertz CT molecular complexity index is 1040. The lowest BCUT2D eigenvalue weighted by atomic mass is 9.98. The van der Waals surface area contributed by atoms with E-state index in [1.54, 1.807) is 25.6 Å². The van der Waals surface area contributed by atoms with Gasteiger partial charge in [0.1, 0.15) is 23.1 Å². The number of anilines is 1. The minimum Gasteiger partial charge on any atom is -0.384 e. The molecule has 30 heavy (non-hydrogen) atoms. The van der Waals surface area contributed by atoms with Gasteiger partial charge in [-0.1, -0.05) is 11.6 Å². The van der Waals surface area contributed by atoms with E-state index in [0.29, 0.717) is 33.7 Å². The van der Waals surface area contributed by atoms with Gasteiger partial charge in [-0.15, -0.1) is 0 Å². The van der Waals surface area contributed by atoms with Crippen LogP contribution in [0.1, 0.15) is 12.8 Å². The Balaban J connectivity index is 1.76. The molecule has 5 nitrogen and oxygen atoms in total. The van der Waals surface area contributed by atoms with Gasteiger partial charge in [0, 0.05) is 56.4 Å². The second-order valence-electron chi connectivity index (χ2n) is 7.29. The van der Waals surface area contributed by atoms with Crippen molar-refractivity contribution >= 4 is 17.4 Å². The van der Waals surface area contributed by atoms with Crippen LogP contribution in [0.5, 0.6) is 0 Å². The minimum absolute atomic E-state index is 0.164. The first-order chi connectivity index (χ1) is 14.6. The molecule has 1 aliphatic heterocycles. The largest absolute Gasteiger partial charge is 0.384 e. The summed E-state index contributed by atoms with van der Waals surface area (Å²) in [4.78, 5) is 15.5. The molecule has 0 atom stereocenters. The number of aromatic nitrogens is 3. The second-order valence-corrected chi connectivity index (χ2v) is 7.70. The summed E-state index contributed by atoms with van der Waals surface area (Å²) in [5.74, 6) is -0.131. The first-order valence-electron chi connectivity index (χ1n) is 9.73.